The van der Waals surface area contributed by atoms with Gasteiger partial charge in [0.15, 0.2) is 17.4 Å². The summed E-state index contributed by atoms with van der Waals surface area (Å²) in [4.78, 5) is 45.7. The van der Waals surface area contributed by atoms with E-state index in [2.05, 4.69) is 33.0 Å². The smallest absolute Gasteiger partial charge is 0.269 e. The maximum atomic E-state index is 14.4. The number of amides is 1. The van der Waals surface area contributed by atoms with Crippen molar-refractivity contribution in [1.29, 1.82) is 5.26 Å². The number of likely N-dealkylation sites (tertiary alicyclic amines) is 2. The summed E-state index contributed by atoms with van der Waals surface area (Å²) in [6, 6.07) is 4.14. The van der Waals surface area contributed by atoms with Gasteiger partial charge >= 0.3 is 0 Å². The molecule has 3 fully saturated rings. The van der Waals surface area contributed by atoms with Crippen LogP contribution < -0.4 is 21.9 Å². The Bertz CT molecular complexity index is 1670. The highest BCUT2D eigenvalue weighted by Crippen LogP contribution is 2.52. The zero-order chi connectivity index (χ0) is 32.4. The van der Waals surface area contributed by atoms with Gasteiger partial charge in [-0.15, -0.1) is 11.3 Å². The molecular weight excluding hydrogens is 602 g/mol. The van der Waals surface area contributed by atoms with Crippen molar-refractivity contribution in [3.05, 3.63) is 45.2 Å². The molecule has 0 aromatic carbocycles. The van der Waals surface area contributed by atoms with Crippen LogP contribution in [0, 0.1) is 11.3 Å². The van der Waals surface area contributed by atoms with Gasteiger partial charge < -0.3 is 31.7 Å². The Morgan fingerprint density at radius 3 is 2.65 bits per heavy atom. The van der Waals surface area contributed by atoms with E-state index in [4.69, 9.17) is 21.9 Å². The lowest BCUT2D eigenvalue weighted by atomic mass is 9.61. The molecule has 6 rings (SSSR count). The normalized spacial score (nSPS) is 24.9. The molecule has 4 heterocycles. The van der Waals surface area contributed by atoms with Crippen LogP contribution in [-0.2, 0) is 21.4 Å². The number of fused-ring (bicyclic) bond motifs is 2. The largest absolute Gasteiger partial charge is 0.476 e. The predicted molar refractivity (Wildman–Crippen MR) is 177 cm³/mol. The van der Waals surface area contributed by atoms with Gasteiger partial charge in [0.2, 0.25) is 5.88 Å². The van der Waals surface area contributed by atoms with E-state index < -0.39 is 5.41 Å². The second-order valence-electron chi connectivity index (χ2n) is 12.6. The number of thiophene rings is 1. The van der Waals surface area contributed by atoms with Crippen LogP contribution in [0.1, 0.15) is 79.6 Å². The Hall–Kier alpha value is -4.28. The molecule has 0 radical (unpaired) electrons. The third-order valence-electron chi connectivity index (χ3n) is 9.80. The predicted octanol–water partition coefficient (Wildman–Crippen LogP) is 3.33. The number of carbonyl (C=O) groups excluding carboxylic acids is 2. The minimum Gasteiger partial charge on any atom is -0.476 e. The van der Waals surface area contributed by atoms with Crippen molar-refractivity contribution in [3.63, 3.8) is 0 Å². The van der Waals surface area contributed by atoms with Gasteiger partial charge in [-0.2, -0.15) is 10.2 Å². The molecule has 6 N–H and O–H groups in total. The fraction of sp³-hybridized carbons (Fsp3) is 0.515. The van der Waals surface area contributed by atoms with Gasteiger partial charge in [0.25, 0.3) is 5.91 Å². The minimum atomic E-state index is -0.836. The number of nitrogens with two attached hydrogens (primary N) is 3. The molecule has 2 aromatic rings. The van der Waals surface area contributed by atoms with E-state index in [1.54, 1.807) is 11.0 Å². The van der Waals surface area contributed by atoms with Crippen molar-refractivity contribution >= 4 is 45.8 Å². The number of nitrogen functional groups attached to an aromatic ring is 1. The fourth-order valence-corrected chi connectivity index (χ4v) is 8.49. The van der Waals surface area contributed by atoms with E-state index in [0.717, 1.165) is 61.9 Å². The molecule has 1 amide bonds. The first kappa shape index (κ1) is 31.7. The maximum Gasteiger partial charge on any atom is 0.269 e. The van der Waals surface area contributed by atoms with E-state index in [0.29, 0.717) is 61.0 Å². The summed E-state index contributed by atoms with van der Waals surface area (Å²) in [5.74, 6) is 0.401. The van der Waals surface area contributed by atoms with Gasteiger partial charge in [0.05, 0.1) is 22.4 Å². The zero-order valence-electron chi connectivity index (χ0n) is 26.3. The standard InChI is InChI=1S/C33H41N9O3S/c1-41-14-6-7-20(41)19-45-26-17-25(38-13-10-23(35)32(44)42-15-2-3-16-42)39-31(40-26)28(36)21-8-4-11-33(29(21)43)12-5-9-24-27(33)22(18-34)30(37)46-24/h10,13,17,20H,2-9,11-12,14-16,19,35-37H2,1H3/b23-10-,28-21-,38-13+/t20-,33-/m0/s1. The van der Waals surface area contributed by atoms with Gasteiger partial charge in [0, 0.05) is 41.9 Å². The van der Waals surface area contributed by atoms with E-state index in [9.17, 15) is 14.9 Å². The monoisotopic (exact) mass is 643 g/mol. The first-order valence-corrected chi connectivity index (χ1v) is 16.9. The number of ketones is 1. The number of aromatic nitrogens is 2. The van der Waals surface area contributed by atoms with Crippen molar-refractivity contribution in [2.24, 2.45) is 16.5 Å². The van der Waals surface area contributed by atoms with Crippen molar-refractivity contribution in [1.82, 2.24) is 19.8 Å². The van der Waals surface area contributed by atoms with Crippen LogP contribution in [0.2, 0.25) is 0 Å². The number of aliphatic imine (C=N–C) groups is 1. The number of carbonyl (C=O) groups is 2. The van der Waals surface area contributed by atoms with Gasteiger partial charge in [-0.05, 0) is 89.4 Å². The number of anilines is 1. The molecule has 2 saturated heterocycles. The summed E-state index contributed by atoms with van der Waals surface area (Å²) in [6.07, 6.45) is 11.1. The SMILES string of the molecule is CN1CCC[C@H]1COc1cc(/N=C/C=C(\N)C(=O)N2CCCC2)nc(/C(N)=C2\CCC[C@@]3(CCCc4sc(N)c(C#N)c43)C2=O)n1. The lowest BCUT2D eigenvalue weighted by molar-refractivity contribution is -0.126. The number of Topliss-reactive ketones (excluding diaryl/α,β-unsaturated/α-hetero) is 1. The van der Waals surface area contributed by atoms with E-state index in [1.165, 1.54) is 23.6 Å². The first-order chi connectivity index (χ1) is 22.2. The summed E-state index contributed by atoms with van der Waals surface area (Å²) >= 11 is 1.41. The topological polar surface area (TPSA) is 190 Å². The molecule has 242 valence electrons. The lowest BCUT2D eigenvalue weighted by Gasteiger charge is -2.40. The second kappa shape index (κ2) is 13.2. The van der Waals surface area contributed by atoms with E-state index >= 15 is 0 Å². The molecule has 4 aliphatic rings. The van der Waals surface area contributed by atoms with Crippen LogP contribution in [0.25, 0.3) is 5.70 Å². The molecule has 2 aliphatic heterocycles. The highest BCUT2D eigenvalue weighted by Gasteiger charge is 2.49. The summed E-state index contributed by atoms with van der Waals surface area (Å²) in [5, 5.41) is 10.4. The summed E-state index contributed by atoms with van der Waals surface area (Å²) < 4.78 is 6.15. The van der Waals surface area contributed by atoms with Crippen LogP contribution in [0.4, 0.5) is 10.8 Å². The van der Waals surface area contributed by atoms with Gasteiger partial charge in [-0.1, -0.05) is 0 Å². The van der Waals surface area contributed by atoms with Gasteiger partial charge in [0.1, 0.15) is 17.7 Å². The number of likely N-dealkylation sites (N-methyl/N-ethyl adjacent to an activating group) is 1. The zero-order valence-corrected chi connectivity index (χ0v) is 27.1. The van der Waals surface area contributed by atoms with Crippen LogP contribution >= 0.6 is 11.3 Å². The molecule has 13 heteroatoms. The third-order valence-corrected chi connectivity index (χ3v) is 10.9. The molecule has 0 unspecified atom stereocenters. The van der Waals surface area contributed by atoms with Crippen LogP contribution in [0.5, 0.6) is 5.88 Å². The number of hydrogen-bond acceptors (Lipinski definition) is 12. The molecular formula is C33H41N9O3S. The number of nitriles is 1. The van der Waals surface area contributed by atoms with Gasteiger partial charge in [-0.25, -0.2) is 9.98 Å². The third kappa shape index (κ3) is 5.99. The molecule has 46 heavy (non-hydrogen) atoms. The minimum absolute atomic E-state index is 0.0878. The Morgan fingerprint density at radius 1 is 1.17 bits per heavy atom. The van der Waals surface area contributed by atoms with Crippen molar-refractivity contribution < 1.29 is 14.3 Å². The first-order valence-electron chi connectivity index (χ1n) is 16.1. The Kier molecular flexibility index (Phi) is 9.11. The average molecular weight is 644 g/mol. The molecule has 0 bridgehead atoms. The van der Waals surface area contributed by atoms with E-state index in [-0.39, 0.29) is 40.8 Å². The Balaban J connectivity index is 1.34. The lowest BCUT2D eigenvalue weighted by Crippen LogP contribution is -2.43. The quantitative estimate of drug-likeness (QED) is 0.298. The number of rotatable bonds is 7. The fourth-order valence-electron chi connectivity index (χ4n) is 7.33. The summed E-state index contributed by atoms with van der Waals surface area (Å²) in [5.41, 5.74) is 20.2. The van der Waals surface area contributed by atoms with Gasteiger partial charge in [-0.3, -0.25) is 9.59 Å². The highest BCUT2D eigenvalue weighted by atomic mass is 32.1. The van der Waals surface area contributed by atoms with Crippen molar-refractivity contribution in [2.45, 2.75) is 75.7 Å². The molecule has 2 atom stereocenters. The molecule has 2 aromatic heterocycles. The number of aryl methyl sites for hydroxylation is 1. The van der Waals surface area contributed by atoms with Crippen LogP contribution in [0.15, 0.2) is 28.4 Å². The van der Waals surface area contributed by atoms with Crippen molar-refractivity contribution in [3.8, 4) is 11.9 Å². The number of allylic oxidation sites excluding steroid dienone is 2. The molecule has 1 saturated carbocycles. The van der Waals surface area contributed by atoms with Crippen LogP contribution in [-0.4, -0.2) is 77.0 Å². The number of nitrogens with zero attached hydrogens (tertiary/aromatic N) is 6. The molecule has 12 nitrogen and oxygen atoms in total. The average Bonchev–Trinajstić information content (AvgIpc) is 3.81. The molecule has 2 aliphatic carbocycles. The number of ether oxygens (including phenoxy) is 1. The second-order valence-corrected chi connectivity index (χ2v) is 13.8. The maximum absolute atomic E-state index is 14.4. The summed E-state index contributed by atoms with van der Waals surface area (Å²) in [6.45, 7) is 2.84. The Morgan fingerprint density at radius 2 is 1.93 bits per heavy atom. The summed E-state index contributed by atoms with van der Waals surface area (Å²) in [7, 11) is 2.07. The number of hydrogen-bond donors (Lipinski definition) is 3. The molecule has 1 spiro atoms. The van der Waals surface area contributed by atoms with Crippen molar-refractivity contribution in [2.75, 3.05) is 39.0 Å². The Labute approximate surface area is 273 Å². The highest BCUT2D eigenvalue weighted by molar-refractivity contribution is 7.16. The van der Waals surface area contributed by atoms with Crippen LogP contribution in [0.3, 0.4) is 0 Å². The van der Waals surface area contributed by atoms with E-state index in [1.807, 2.05) is 0 Å².